The Hall–Kier alpha value is -2.36. The van der Waals surface area contributed by atoms with Crippen LogP contribution in [0.15, 0.2) is 53.7 Å². The number of oxime groups is 1. The molecule has 0 heterocycles. The van der Waals surface area contributed by atoms with Crippen molar-refractivity contribution in [1.29, 1.82) is 0 Å². The van der Waals surface area contributed by atoms with E-state index in [0.29, 0.717) is 0 Å². The maximum Gasteiger partial charge on any atom is 0.156 e. The van der Waals surface area contributed by atoms with Crippen molar-refractivity contribution < 1.29 is 14.7 Å². The van der Waals surface area contributed by atoms with Crippen LogP contribution in [0.3, 0.4) is 0 Å². The lowest BCUT2D eigenvalue weighted by Crippen LogP contribution is -2.27. The van der Waals surface area contributed by atoms with Crippen LogP contribution in [0.5, 0.6) is 0 Å². The van der Waals surface area contributed by atoms with Gasteiger partial charge in [0.15, 0.2) is 6.61 Å². The molecular weight excluding hydrogens is 242 g/mol. The molecule has 1 aromatic rings. The van der Waals surface area contributed by atoms with Gasteiger partial charge in [-0.3, -0.25) is 0 Å². The molecule has 0 N–H and O–H groups in total. The molecule has 3 rings (SSSR count). The summed E-state index contributed by atoms with van der Waals surface area (Å²) < 4.78 is 0. The van der Waals surface area contributed by atoms with E-state index in [1.165, 1.54) is 5.56 Å². The van der Waals surface area contributed by atoms with Gasteiger partial charge in [-0.2, -0.15) is 0 Å². The molecular formula is C15H12NO3-. The van der Waals surface area contributed by atoms with E-state index in [1.54, 1.807) is 0 Å². The number of hydrogen-bond donors (Lipinski definition) is 0. The molecule has 0 saturated heterocycles. The first-order chi connectivity index (χ1) is 9.27. The number of hydrogen-bond acceptors (Lipinski definition) is 4. The number of benzene rings is 1. The van der Waals surface area contributed by atoms with Gasteiger partial charge in [0, 0.05) is 17.4 Å². The molecule has 0 amide bonds. The average Bonchev–Trinajstić information content (AvgIpc) is 2.74. The van der Waals surface area contributed by atoms with Crippen molar-refractivity contribution in [3.8, 4) is 0 Å². The normalized spacial score (nSPS) is 25.2. The molecule has 96 valence electrons. The zero-order chi connectivity index (χ0) is 13.2. The number of allylic oxidation sites excluding steroid dienone is 4. The SMILES string of the molecule is O=C([O-])CO/N=C1\c2ccccc2[C@H]2C=CC=C[C@@H]12. The minimum atomic E-state index is -1.27. The highest BCUT2D eigenvalue weighted by atomic mass is 16.6. The summed E-state index contributed by atoms with van der Waals surface area (Å²) in [6.45, 7) is -0.525. The Bertz CT molecular complexity index is 601. The lowest BCUT2D eigenvalue weighted by Gasteiger charge is -2.15. The van der Waals surface area contributed by atoms with Crippen LogP contribution < -0.4 is 5.11 Å². The molecule has 0 unspecified atom stereocenters. The van der Waals surface area contributed by atoms with Crippen LogP contribution in [0.25, 0.3) is 0 Å². The largest absolute Gasteiger partial charge is 0.546 e. The highest BCUT2D eigenvalue weighted by Gasteiger charge is 2.36. The predicted octanol–water partition coefficient (Wildman–Crippen LogP) is 0.997. The highest BCUT2D eigenvalue weighted by Crippen LogP contribution is 2.41. The van der Waals surface area contributed by atoms with Crippen LogP contribution in [0.1, 0.15) is 17.0 Å². The van der Waals surface area contributed by atoms with Crippen molar-refractivity contribution in [2.75, 3.05) is 6.61 Å². The van der Waals surface area contributed by atoms with Crippen LogP contribution >= 0.6 is 0 Å². The summed E-state index contributed by atoms with van der Waals surface area (Å²) in [5.74, 6) is -0.901. The fraction of sp³-hybridized carbons (Fsp3) is 0.200. The van der Waals surface area contributed by atoms with Crippen molar-refractivity contribution in [2.24, 2.45) is 11.1 Å². The van der Waals surface area contributed by atoms with Gasteiger partial charge in [-0.25, -0.2) is 0 Å². The quantitative estimate of drug-likeness (QED) is 0.756. The fourth-order valence-electron chi connectivity index (χ4n) is 2.63. The fourth-order valence-corrected chi connectivity index (χ4v) is 2.63. The minimum absolute atomic E-state index is 0.115. The predicted molar refractivity (Wildman–Crippen MR) is 68.4 cm³/mol. The molecule has 4 heteroatoms. The number of carboxylic acids is 1. The number of fused-ring (bicyclic) bond motifs is 3. The highest BCUT2D eigenvalue weighted by molar-refractivity contribution is 6.08. The van der Waals surface area contributed by atoms with Crippen LogP contribution in [0.2, 0.25) is 0 Å². The van der Waals surface area contributed by atoms with E-state index in [9.17, 15) is 9.90 Å². The van der Waals surface area contributed by atoms with Gasteiger partial charge in [0.05, 0.1) is 11.7 Å². The number of nitrogens with zero attached hydrogens (tertiary/aromatic N) is 1. The standard InChI is InChI=1S/C15H13NO3/c17-14(18)9-19-16-15-12-7-3-1-5-10(12)11-6-2-4-8-13(11)15/h1-8,10,12H,9H2,(H,17,18)/p-1/b16-15-/t10-,12-/m1/s1. The summed E-state index contributed by atoms with van der Waals surface area (Å²) in [5.41, 5.74) is 3.00. The Morgan fingerprint density at radius 1 is 1.21 bits per heavy atom. The van der Waals surface area contributed by atoms with E-state index in [2.05, 4.69) is 23.4 Å². The summed E-state index contributed by atoms with van der Waals surface area (Å²) >= 11 is 0. The topological polar surface area (TPSA) is 61.7 Å². The lowest BCUT2D eigenvalue weighted by atomic mass is 9.88. The lowest BCUT2D eigenvalue weighted by molar-refractivity contribution is -0.309. The molecule has 2 aliphatic carbocycles. The first-order valence-electron chi connectivity index (χ1n) is 6.11. The zero-order valence-electron chi connectivity index (χ0n) is 10.2. The van der Waals surface area contributed by atoms with Gasteiger partial charge in [0.1, 0.15) is 0 Å². The first-order valence-corrected chi connectivity index (χ1v) is 6.11. The van der Waals surface area contributed by atoms with E-state index in [1.807, 2.05) is 30.4 Å². The maximum absolute atomic E-state index is 10.4. The Morgan fingerprint density at radius 3 is 2.74 bits per heavy atom. The van der Waals surface area contributed by atoms with Gasteiger partial charge >= 0.3 is 0 Å². The molecule has 0 aliphatic heterocycles. The summed E-state index contributed by atoms with van der Waals surface area (Å²) in [6.07, 6.45) is 8.18. The minimum Gasteiger partial charge on any atom is -0.546 e. The number of rotatable bonds is 3. The molecule has 1 aromatic carbocycles. The third kappa shape index (κ3) is 2.05. The van der Waals surface area contributed by atoms with Gasteiger partial charge in [0.25, 0.3) is 0 Å². The number of carboxylic acid groups (broad SMARTS) is 1. The number of carbonyl (C=O) groups excluding carboxylic acids is 1. The third-order valence-electron chi connectivity index (χ3n) is 3.39. The average molecular weight is 254 g/mol. The Balaban J connectivity index is 1.97. The van der Waals surface area contributed by atoms with Crippen molar-refractivity contribution in [3.63, 3.8) is 0 Å². The molecule has 19 heavy (non-hydrogen) atoms. The summed E-state index contributed by atoms with van der Waals surface area (Å²) in [7, 11) is 0. The van der Waals surface area contributed by atoms with E-state index in [4.69, 9.17) is 4.84 Å². The molecule has 0 aromatic heterocycles. The Labute approximate surface area is 110 Å². The molecule has 4 nitrogen and oxygen atoms in total. The van der Waals surface area contributed by atoms with E-state index < -0.39 is 12.6 Å². The summed E-state index contributed by atoms with van der Waals surface area (Å²) in [4.78, 5) is 15.2. The van der Waals surface area contributed by atoms with Crippen LogP contribution in [0.4, 0.5) is 0 Å². The van der Waals surface area contributed by atoms with Gasteiger partial charge in [-0.15, -0.1) is 0 Å². The molecule has 0 spiro atoms. The van der Waals surface area contributed by atoms with E-state index in [-0.39, 0.29) is 11.8 Å². The Morgan fingerprint density at radius 2 is 1.95 bits per heavy atom. The second-order valence-electron chi connectivity index (χ2n) is 4.53. The van der Waals surface area contributed by atoms with Crippen LogP contribution in [0, 0.1) is 5.92 Å². The van der Waals surface area contributed by atoms with Gasteiger partial charge < -0.3 is 14.7 Å². The maximum atomic E-state index is 10.4. The second-order valence-corrected chi connectivity index (χ2v) is 4.53. The molecule has 0 saturated carbocycles. The third-order valence-corrected chi connectivity index (χ3v) is 3.39. The molecule has 0 fully saturated rings. The monoisotopic (exact) mass is 254 g/mol. The van der Waals surface area contributed by atoms with Crippen molar-refractivity contribution in [1.82, 2.24) is 0 Å². The van der Waals surface area contributed by atoms with E-state index >= 15 is 0 Å². The van der Waals surface area contributed by atoms with Gasteiger partial charge in [-0.05, 0) is 5.56 Å². The van der Waals surface area contributed by atoms with Crippen molar-refractivity contribution in [2.45, 2.75) is 5.92 Å². The summed E-state index contributed by atoms with van der Waals surface area (Å²) in [5, 5.41) is 14.4. The first kappa shape index (κ1) is 11.7. The number of carbonyl (C=O) groups is 1. The molecule has 0 bridgehead atoms. The van der Waals surface area contributed by atoms with Gasteiger partial charge in [0.2, 0.25) is 0 Å². The Kier molecular flexibility index (Phi) is 2.91. The molecule has 2 atom stereocenters. The van der Waals surface area contributed by atoms with E-state index in [0.717, 1.165) is 11.3 Å². The smallest absolute Gasteiger partial charge is 0.156 e. The van der Waals surface area contributed by atoms with Crippen LogP contribution in [-0.4, -0.2) is 18.3 Å². The summed E-state index contributed by atoms with van der Waals surface area (Å²) in [6, 6.07) is 7.99. The molecule has 2 aliphatic rings. The molecule has 0 radical (unpaired) electrons. The van der Waals surface area contributed by atoms with Crippen molar-refractivity contribution in [3.05, 3.63) is 59.7 Å². The van der Waals surface area contributed by atoms with Crippen molar-refractivity contribution >= 4 is 11.7 Å². The van der Waals surface area contributed by atoms with Gasteiger partial charge in [-0.1, -0.05) is 53.7 Å². The van der Waals surface area contributed by atoms with Crippen LogP contribution in [-0.2, 0) is 9.63 Å². The zero-order valence-corrected chi connectivity index (χ0v) is 10.2. The second kappa shape index (κ2) is 4.72. The number of aliphatic carboxylic acids is 1.